The monoisotopic (exact) mass is 258 g/mol. The zero-order valence-corrected chi connectivity index (χ0v) is 11.0. The Morgan fingerprint density at radius 2 is 2.32 bits per heavy atom. The molecule has 0 saturated heterocycles. The molecule has 1 aliphatic rings. The minimum absolute atomic E-state index is 0.345. The van der Waals surface area contributed by atoms with E-state index in [1.165, 1.54) is 5.56 Å². The van der Waals surface area contributed by atoms with Gasteiger partial charge in [0.25, 0.3) is 0 Å². The summed E-state index contributed by atoms with van der Waals surface area (Å²) in [5.74, 6) is 0.797. The van der Waals surface area contributed by atoms with Crippen LogP contribution in [0.25, 0.3) is 0 Å². The van der Waals surface area contributed by atoms with E-state index in [-0.39, 0.29) is 6.10 Å². The first-order valence-corrected chi connectivity index (χ1v) is 6.64. The van der Waals surface area contributed by atoms with Gasteiger partial charge in [-0.3, -0.25) is 4.68 Å². The predicted molar refractivity (Wildman–Crippen MR) is 71.9 cm³/mol. The van der Waals surface area contributed by atoms with E-state index in [0.29, 0.717) is 6.61 Å². The number of hydrogen-bond acceptors (Lipinski definition) is 3. The van der Waals surface area contributed by atoms with E-state index in [4.69, 9.17) is 4.74 Å². The number of ether oxygens (including phenoxy) is 1. The molecule has 1 aliphatic carbocycles. The van der Waals surface area contributed by atoms with Crippen molar-refractivity contribution in [3.05, 3.63) is 47.3 Å². The van der Waals surface area contributed by atoms with Gasteiger partial charge in [-0.25, -0.2) is 0 Å². The molecule has 2 aromatic rings. The molecule has 0 spiro atoms. The highest BCUT2D eigenvalue weighted by Crippen LogP contribution is 2.32. The van der Waals surface area contributed by atoms with E-state index in [1.54, 1.807) is 4.68 Å². The topological polar surface area (TPSA) is 47.3 Å². The molecule has 100 valence electrons. The van der Waals surface area contributed by atoms with Crippen molar-refractivity contribution in [3.8, 4) is 5.75 Å². The van der Waals surface area contributed by atoms with Gasteiger partial charge in [-0.1, -0.05) is 6.07 Å². The molecule has 1 aromatic heterocycles. The van der Waals surface area contributed by atoms with Crippen LogP contribution in [0.2, 0.25) is 0 Å². The van der Waals surface area contributed by atoms with E-state index >= 15 is 0 Å². The molecule has 3 rings (SSSR count). The standard InChI is InChI=1S/C15H18N2O2/c1-17-8-7-12(16-17)10-19-13-6-5-11-3-2-4-15(18)14(11)9-13/h5-9,15,18H,2-4,10H2,1H3. The first-order valence-electron chi connectivity index (χ1n) is 6.64. The van der Waals surface area contributed by atoms with Gasteiger partial charge in [0.1, 0.15) is 12.4 Å². The molecule has 1 heterocycles. The van der Waals surface area contributed by atoms with E-state index < -0.39 is 0 Å². The Balaban J connectivity index is 1.73. The second kappa shape index (κ2) is 5.05. The van der Waals surface area contributed by atoms with E-state index in [1.807, 2.05) is 31.4 Å². The lowest BCUT2D eigenvalue weighted by atomic mass is 9.89. The Labute approximate surface area is 112 Å². The number of aliphatic hydroxyl groups is 1. The number of fused-ring (bicyclic) bond motifs is 1. The SMILES string of the molecule is Cn1ccc(COc2ccc3c(c2)C(O)CCC3)n1. The molecule has 0 aliphatic heterocycles. The van der Waals surface area contributed by atoms with Crippen LogP contribution in [0.5, 0.6) is 5.75 Å². The van der Waals surface area contributed by atoms with Gasteiger partial charge in [0.15, 0.2) is 0 Å². The van der Waals surface area contributed by atoms with Gasteiger partial charge in [0.05, 0.1) is 11.8 Å². The van der Waals surface area contributed by atoms with E-state index in [2.05, 4.69) is 11.2 Å². The fourth-order valence-corrected chi connectivity index (χ4v) is 2.54. The Morgan fingerprint density at radius 1 is 1.42 bits per heavy atom. The van der Waals surface area contributed by atoms with Gasteiger partial charge in [0.2, 0.25) is 0 Å². The summed E-state index contributed by atoms with van der Waals surface area (Å²) in [5, 5.41) is 14.3. The number of hydrogen-bond donors (Lipinski definition) is 1. The molecule has 4 heteroatoms. The third kappa shape index (κ3) is 2.63. The molecule has 0 radical (unpaired) electrons. The molecule has 0 fully saturated rings. The Morgan fingerprint density at radius 3 is 3.11 bits per heavy atom. The Kier molecular flexibility index (Phi) is 3.25. The summed E-state index contributed by atoms with van der Waals surface area (Å²) in [6.45, 7) is 0.454. The van der Waals surface area contributed by atoms with Crippen LogP contribution in [0, 0.1) is 0 Å². The minimum Gasteiger partial charge on any atom is -0.487 e. The van der Waals surface area contributed by atoms with Crippen LogP contribution in [0.4, 0.5) is 0 Å². The van der Waals surface area contributed by atoms with Crippen molar-refractivity contribution >= 4 is 0 Å². The van der Waals surface area contributed by atoms with Crippen molar-refractivity contribution < 1.29 is 9.84 Å². The van der Waals surface area contributed by atoms with Gasteiger partial charge >= 0.3 is 0 Å². The van der Waals surface area contributed by atoms with E-state index in [0.717, 1.165) is 36.3 Å². The molecule has 1 atom stereocenters. The Bertz CT molecular complexity index is 577. The summed E-state index contributed by atoms with van der Waals surface area (Å²) < 4.78 is 7.49. The average Bonchev–Trinajstić information content (AvgIpc) is 2.83. The lowest BCUT2D eigenvalue weighted by Crippen LogP contribution is -2.09. The van der Waals surface area contributed by atoms with Gasteiger partial charge < -0.3 is 9.84 Å². The molecule has 19 heavy (non-hydrogen) atoms. The number of aromatic nitrogens is 2. The summed E-state index contributed by atoms with van der Waals surface area (Å²) in [7, 11) is 1.89. The zero-order chi connectivity index (χ0) is 13.2. The molecule has 0 bridgehead atoms. The lowest BCUT2D eigenvalue weighted by Gasteiger charge is -2.21. The smallest absolute Gasteiger partial charge is 0.132 e. The average molecular weight is 258 g/mol. The third-order valence-electron chi connectivity index (χ3n) is 3.56. The maximum atomic E-state index is 10.0. The van der Waals surface area contributed by atoms with Gasteiger partial charge in [-0.05, 0) is 48.6 Å². The molecule has 0 amide bonds. The lowest BCUT2D eigenvalue weighted by molar-refractivity contribution is 0.156. The fourth-order valence-electron chi connectivity index (χ4n) is 2.54. The second-order valence-electron chi connectivity index (χ2n) is 5.04. The number of nitrogens with zero attached hydrogens (tertiary/aromatic N) is 2. The normalized spacial score (nSPS) is 18.1. The first kappa shape index (κ1) is 12.2. The van der Waals surface area contributed by atoms with Crippen molar-refractivity contribution in [2.24, 2.45) is 7.05 Å². The maximum absolute atomic E-state index is 10.0. The van der Waals surface area contributed by atoms with Crippen LogP contribution >= 0.6 is 0 Å². The highest BCUT2D eigenvalue weighted by Gasteiger charge is 2.18. The number of rotatable bonds is 3. The molecule has 1 N–H and O–H groups in total. The van der Waals surface area contributed by atoms with Crippen molar-refractivity contribution in [2.45, 2.75) is 32.0 Å². The largest absolute Gasteiger partial charge is 0.487 e. The van der Waals surface area contributed by atoms with Crippen molar-refractivity contribution in [1.29, 1.82) is 0 Å². The van der Waals surface area contributed by atoms with Crippen LogP contribution in [-0.4, -0.2) is 14.9 Å². The van der Waals surface area contributed by atoms with Crippen molar-refractivity contribution in [2.75, 3.05) is 0 Å². The number of benzene rings is 1. The molecule has 0 saturated carbocycles. The molecule has 1 unspecified atom stereocenters. The van der Waals surface area contributed by atoms with Crippen LogP contribution < -0.4 is 4.74 Å². The first-order chi connectivity index (χ1) is 9.22. The molecule has 4 nitrogen and oxygen atoms in total. The highest BCUT2D eigenvalue weighted by atomic mass is 16.5. The molecule has 1 aromatic carbocycles. The van der Waals surface area contributed by atoms with Gasteiger partial charge in [0, 0.05) is 13.2 Å². The summed E-state index contributed by atoms with van der Waals surface area (Å²) >= 11 is 0. The summed E-state index contributed by atoms with van der Waals surface area (Å²) in [5.41, 5.74) is 3.16. The third-order valence-corrected chi connectivity index (χ3v) is 3.56. The van der Waals surface area contributed by atoms with Crippen LogP contribution in [0.15, 0.2) is 30.5 Å². The van der Waals surface area contributed by atoms with Crippen LogP contribution in [0.1, 0.15) is 35.8 Å². The van der Waals surface area contributed by atoms with Gasteiger partial charge in [-0.2, -0.15) is 5.10 Å². The van der Waals surface area contributed by atoms with E-state index in [9.17, 15) is 5.11 Å². The van der Waals surface area contributed by atoms with Crippen molar-refractivity contribution in [3.63, 3.8) is 0 Å². The predicted octanol–water partition coefficient (Wildman–Crippen LogP) is 2.37. The summed E-state index contributed by atoms with van der Waals surface area (Å²) in [4.78, 5) is 0. The number of aryl methyl sites for hydroxylation is 2. The summed E-state index contributed by atoms with van der Waals surface area (Å²) in [6, 6.07) is 7.93. The molecular weight excluding hydrogens is 240 g/mol. The van der Waals surface area contributed by atoms with Crippen LogP contribution in [-0.2, 0) is 20.1 Å². The van der Waals surface area contributed by atoms with Crippen LogP contribution in [0.3, 0.4) is 0 Å². The van der Waals surface area contributed by atoms with Gasteiger partial charge in [-0.15, -0.1) is 0 Å². The fraction of sp³-hybridized carbons (Fsp3) is 0.400. The minimum atomic E-state index is -0.345. The van der Waals surface area contributed by atoms with Crippen molar-refractivity contribution in [1.82, 2.24) is 9.78 Å². The quantitative estimate of drug-likeness (QED) is 0.919. The number of aliphatic hydroxyl groups excluding tert-OH is 1. The Hall–Kier alpha value is -1.81. The summed E-state index contributed by atoms with van der Waals surface area (Å²) in [6.07, 6.45) is 4.50. The maximum Gasteiger partial charge on any atom is 0.132 e. The molecular formula is C15H18N2O2. The zero-order valence-electron chi connectivity index (χ0n) is 11.0. The highest BCUT2D eigenvalue weighted by molar-refractivity contribution is 5.38. The second-order valence-corrected chi connectivity index (χ2v) is 5.04.